The Labute approximate surface area is 160 Å². The highest BCUT2D eigenvalue weighted by atomic mass is 16.5. The first-order valence-corrected chi connectivity index (χ1v) is 9.16. The minimum absolute atomic E-state index is 0.0783. The third kappa shape index (κ3) is 4.52. The van der Waals surface area contributed by atoms with Crippen LogP contribution in [0, 0.1) is 6.92 Å². The first kappa shape index (κ1) is 19.1. The molecule has 4 heteroatoms. The number of ether oxygens (including phenoxy) is 1. The largest absolute Gasteiger partial charge is 0.487 e. The van der Waals surface area contributed by atoms with Crippen molar-refractivity contribution in [2.24, 2.45) is 0 Å². The Hall–Kier alpha value is -2.72. The predicted molar refractivity (Wildman–Crippen MR) is 107 cm³/mol. The molecule has 0 spiro atoms. The van der Waals surface area contributed by atoms with E-state index in [2.05, 4.69) is 67.1 Å². The molecule has 0 aliphatic carbocycles. The van der Waals surface area contributed by atoms with Crippen LogP contribution in [0.5, 0.6) is 5.75 Å². The molecule has 0 saturated carbocycles. The Morgan fingerprint density at radius 1 is 0.963 bits per heavy atom. The van der Waals surface area contributed by atoms with Gasteiger partial charge in [-0.2, -0.15) is 0 Å². The average molecular weight is 362 g/mol. The minimum atomic E-state index is -0.687. The molecule has 1 N–H and O–H groups in total. The number of nitrogens with zero attached hydrogens (tertiary/aromatic N) is 2. The van der Waals surface area contributed by atoms with Crippen molar-refractivity contribution in [2.75, 3.05) is 0 Å². The van der Waals surface area contributed by atoms with Crippen molar-refractivity contribution in [2.45, 2.75) is 45.8 Å². The molecule has 3 rings (SSSR count). The van der Waals surface area contributed by atoms with Crippen molar-refractivity contribution in [3.05, 3.63) is 89.0 Å². The lowest BCUT2D eigenvalue weighted by atomic mass is 9.78. The lowest BCUT2D eigenvalue weighted by Gasteiger charge is -2.26. The monoisotopic (exact) mass is 362 g/mol. The van der Waals surface area contributed by atoms with Crippen LogP contribution in [0.2, 0.25) is 0 Å². The van der Waals surface area contributed by atoms with Crippen LogP contribution >= 0.6 is 0 Å². The van der Waals surface area contributed by atoms with Gasteiger partial charge in [-0.3, -0.25) is 0 Å². The van der Waals surface area contributed by atoms with Gasteiger partial charge in [0.15, 0.2) is 5.82 Å². The first-order valence-electron chi connectivity index (χ1n) is 9.16. The molecule has 27 heavy (non-hydrogen) atoms. The van der Waals surface area contributed by atoms with E-state index >= 15 is 0 Å². The molecule has 0 bridgehead atoms. The normalized spacial score (nSPS) is 12.6. The zero-order valence-corrected chi connectivity index (χ0v) is 16.3. The van der Waals surface area contributed by atoms with E-state index in [1.54, 1.807) is 19.2 Å². The van der Waals surface area contributed by atoms with Gasteiger partial charge in [-0.05, 0) is 43.2 Å². The summed E-state index contributed by atoms with van der Waals surface area (Å²) in [6.07, 6.45) is 0.953. The summed E-state index contributed by atoms with van der Waals surface area (Å²) in [4.78, 5) is 8.35. The maximum absolute atomic E-state index is 9.58. The summed E-state index contributed by atoms with van der Waals surface area (Å²) in [6, 6.07) is 18.7. The van der Waals surface area contributed by atoms with Gasteiger partial charge in [0.25, 0.3) is 0 Å². The third-order valence-electron chi connectivity index (χ3n) is 4.84. The van der Waals surface area contributed by atoms with E-state index in [4.69, 9.17) is 4.74 Å². The Bertz CT molecular complexity index is 885. The van der Waals surface area contributed by atoms with Crippen molar-refractivity contribution in [1.82, 2.24) is 9.97 Å². The number of aliphatic hydroxyl groups is 1. The average Bonchev–Trinajstić information content (AvgIpc) is 2.67. The van der Waals surface area contributed by atoms with E-state index in [1.165, 1.54) is 16.7 Å². The highest BCUT2D eigenvalue weighted by Gasteiger charge is 2.22. The van der Waals surface area contributed by atoms with Crippen LogP contribution in [-0.2, 0) is 12.0 Å². The Kier molecular flexibility index (Phi) is 5.57. The van der Waals surface area contributed by atoms with E-state index in [9.17, 15) is 5.11 Å². The van der Waals surface area contributed by atoms with Crippen LogP contribution in [0.15, 0.2) is 60.8 Å². The molecule has 140 valence electrons. The van der Waals surface area contributed by atoms with Gasteiger partial charge in [0.1, 0.15) is 18.5 Å². The summed E-state index contributed by atoms with van der Waals surface area (Å²) >= 11 is 0. The van der Waals surface area contributed by atoms with Gasteiger partial charge in [0.05, 0.1) is 5.69 Å². The number of aliphatic hydroxyl groups excluding tert-OH is 1. The molecule has 1 aromatic heterocycles. The summed E-state index contributed by atoms with van der Waals surface area (Å²) in [6.45, 7) is 8.54. The van der Waals surface area contributed by atoms with Crippen LogP contribution in [-0.4, -0.2) is 15.1 Å². The van der Waals surface area contributed by atoms with Gasteiger partial charge >= 0.3 is 0 Å². The summed E-state index contributed by atoms with van der Waals surface area (Å²) in [7, 11) is 0. The van der Waals surface area contributed by atoms with E-state index in [-0.39, 0.29) is 5.41 Å². The zero-order chi connectivity index (χ0) is 19.4. The molecular formula is C23H26N2O2. The first-order chi connectivity index (χ1) is 12.9. The van der Waals surface area contributed by atoms with Crippen molar-refractivity contribution in [3.63, 3.8) is 0 Å². The highest BCUT2D eigenvalue weighted by Crippen LogP contribution is 2.32. The quantitative estimate of drug-likeness (QED) is 0.688. The third-order valence-corrected chi connectivity index (χ3v) is 4.84. The molecule has 1 unspecified atom stereocenters. The standard InChI is InChI=1S/C23H26N2O2/c1-16-5-7-18(8-6-16)23(3,4)19-9-11-21(12-10-19)27-15-20-13-14-24-22(25-20)17(2)26/h5-14,17,26H,15H2,1-4H3. The van der Waals surface area contributed by atoms with Crippen LogP contribution in [0.3, 0.4) is 0 Å². The molecule has 0 aliphatic heterocycles. The lowest BCUT2D eigenvalue weighted by molar-refractivity contribution is 0.187. The van der Waals surface area contributed by atoms with Crippen molar-refractivity contribution in [3.8, 4) is 5.75 Å². The van der Waals surface area contributed by atoms with E-state index < -0.39 is 6.10 Å². The maximum atomic E-state index is 9.58. The van der Waals surface area contributed by atoms with Crippen LogP contribution in [0.25, 0.3) is 0 Å². The number of aromatic nitrogens is 2. The molecule has 1 atom stereocenters. The second-order valence-electron chi connectivity index (χ2n) is 7.39. The Balaban J connectivity index is 1.70. The molecule has 0 fully saturated rings. The second kappa shape index (κ2) is 7.89. The van der Waals surface area contributed by atoms with Crippen molar-refractivity contribution in [1.29, 1.82) is 0 Å². The number of benzene rings is 2. The molecule has 0 radical (unpaired) electrons. The van der Waals surface area contributed by atoms with Gasteiger partial charge in [0, 0.05) is 11.6 Å². The van der Waals surface area contributed by atoms with E-state index in [1.807, 2.05) is 12.1 Å². The molecule has 2 aromatic carbocycles. The fourth-order valence-electron chi connectivity index (χ4n) is 2.96. The topological polar surface area (TPSA) is 55.2 Å². The van der Waals surface area contributed by atoms with Gasteiger partial charge in [0.2, 0.25) is 0 Å². The van der Waals surface area contributed by atoms with E-state index in [0.29, 0.717) is 12.4 Å². The van der Waals surface area contributed by atoms with Crippen LogP contribution in [0.4, 0.5) is 0 Å². The smallest absolute Gasteiger partial charge is 0.156 e. The highest BCUT2D eigenvalue weighted by molar-refractivity contribution is 5.40. The SMILES string of the molecule is Cc1ccc(C(C)(C)c2ccc(OCc3ccnc(C(C)O)n3)cc2)cc1. The molecular weight excluding hydrogens is 336 g/mol. The lowest BCUT2D eigenvalue weighted by Crippen LogP contribution is -2.18. The number of hydrogen-bond acceptors (Lipinski definition) is 4. The number of rotatable bonds is 6. The molecule has 4 nitrogen and oxygen atoms in total. The summed E-state index contributed by atoms with van der Waals surface area (Å²) in [5, 5.41) is 9.58. The fourth-order valence-corrected chi connectivity index (χ4v) is 2.96. The molecule has 0 saturated heterocycles. The Morgan fingerprint density at radius 2 is 1.56 bits per heavy atom. The second-order valence-corrected chi connectivity index (χ2v) is 7.39. The summed E-state index contributed by atoms with van der Waals surface area (Å²) < 4.78 is 5.84. The van der Waals surface area contributed by atoms with Gasteiger partial charge in [-0.25, -0.2) is 9.97 Å². The fraction of sp³-hybridized carbons (Fsp3) is 0.304. The zero-order valence-electron chi connectivity index (χ0n) is 16.3. The molecule has 0 aliphatic rings. The molecule has 3 aromatic rings. The predicted octanol–water partition coefficient (Wildman–Crippen LogP) is 4.74. The van der Waals surface area contributed by atoms with Gasteiger partial charge < -0.3 is 9.84 Å². The van der Waals surface area contributed by atoms with Crippen LogP contribution in [0.1, 0.15) is 55.1 Å². The summed E-state index contributed by atoms with van der Waals surface area (Å²) in [5.41, 5.74) is 4.45. The number of aryl methyl sites for hydroxylation is 1. The number of hydrogen-bond donors (Lipinski definition) is 1. The van der Waals surface area contributed by atoms with Gasteiger partial charge in [-0.15, -0.1) is 0 Å². The van der Waals surface area contributed by atoms with Crippen LogP contribution < -0.4 is 4.74 Å². The van der Waals surface area contributed by atoms with E-state index in [0.717, 1.165) is 11.4 Å². The Morgan fingerprint density at radius 3 is 2.15 bits per heavy atom. The van der Waals surface area contributed by atoms with Crippen molar-refractivity contribution < 1.29 is 9.84 Å². The van der Waals surface area contributed by atoms with Crippen molar-refractivity contribution >= 4 is 0 Å². The maximum Gasteiger partial charge on any atom is 0.156 e. The summed E-state index contributed by atoms with van der Waals surface area (Å²) in [5.74, 6) is 1.20. The molecule has 1 heterocycles. The minimum Gasteiger partial charge on any atom is -0.487 e. The molecule has 0 amide bonds. The van der Waals surface area contributed by atoms with Gasteiger partial charge in [-0.1, -0.05) is 55.8 Å².